The Balaban J connectivity index is 2.41. The van der Waals surface area contributed by atoms with Gasteiger partial charge >= 0.3 is 0 Å². The van der Waals surface area contributed by atoms with E-state index in [1.54, 1.807) is 12.1 Å². The van der Waals surface area contributed by atoms with Gasteiger partial charge in [0.25, 0.3) is 0 Å². The van der Waals surface area contributed by atoms with E-state index in [1.165, 1.54) is 25.3 Å². The number of benzene rings is 2. The van der Waals surface area contributed by atoms with Crippen LogP contribution in [0.15, 0.2) is 36.4 Å². The Morgan fingerprint density at radius 2 is 1.63 bits per heavy atom. The number of hydrogen-bond donors (Lipinski definition) is 0. The van der Waals surface area contributed by atoms with Gasteiger partial charge in [0.05, 0.1) is 17.2 Å². The Hall–Kier alpha value is -1.58. The molecule has 98 valence electrons. The highest BCUT2D eigenvalue weighted by atomic mass is 35.5. The van der Waals surface area contributed by atoms with E-state index in [-0.39, 0.29) is 16.4 Å². The molecule has 0 atom stereocenters. The van der Waals surface area contributed by atoms with Gasteiger partial charge in [0, 0.05) is 11.1 Å². The van der Waals surface area contributed by atoms with Crippen LogP contribution in [0.3, 0.4) is 0 Å². The molecule has 0 heterocycles. The normalized spacial score (nSPS) is 10.3. The number of ketones is 1. The van der Waals surface area contributed by atoms with Gasteiger partial charge < -0.3 is 4.74 Å². The summed E-state index contributed by atoms with van der Waals surface area (Å²) in [6.07, 6.45) is 0. The molecule has 0 N–H and O–H groups in total. The molecular formula is C14H9Cl2FO2. The topological polar surface area (TPSA) is 26.3 Å². The van der Waals surface area contributed by atoms with E-state index in [4.69, 9.17) is 27.9 Å². The number of hydrogen-bond acceptors (Lipinski definition) is 2. The first-order chi connectivity index (χ1) is 9.02. The molecule has 5 heteroatoms. The summed E-state index contributed by atoms with van der Waals surface area (Å²) in [4.78, 5) is 12.2. The lowest BCUT2D eigenvalue weighted by Gasteiger charge is -2.06. The minimum atomic E-state index is -0.631. The van der Waals surface area contributed by atoms with Gasteiger partial charge in [-0.15, -0.1) is 0 Å². The lowest BCUT2D eigenvalue weighted by atomic mass is 10.0. The number of carbonyl (C=O) groups excluding carboxylic acids is 1. The van der Waals surface area contributed by atoms with Crippen molar-refractivity contribution < 1.29 is 13.9 Å². The lowest BCUT2D eigenvalue weighted by Crippen LogP contribution is -2.02. The first-order valence-corrected chi connectivity index (χ1v) is 6.12. The van der Waals surface area contributed by atoms with E-state index < -0.39 is 5.82 Å². The third-order valence-corrected chi connectivity index (χ3v) is 3.21. The fraction of sp³-hybridized carbons (Fsp3) is 0.0714. The third kappa shape index (κ3) is 2.88. The van der Waals surface area contributed by atoms with Crippen LogP contribution in [0.5, 0.6) is 5.75 Å². The minimum absolute atomic E-state index is 0.0229. The predicted octanol–water partition coefficient (Wildman–Crippen LogP) is 4.37. The number of carbonyl (C=O) groups is 1. The molecule has 0 amide bonds. The zero-order chi connectivity index (χ0) is 14.0. The van der Waals surface area contributed by atoms with Crippen LogP contribution in [-0.4, -0.2) is 12.9 Å². The molecule has 2 nitrogen and oxygen atoms in total. The zero-order valence-electron chi connectivity index (χ0n) is 9.91. The van der Waals surface area contributed by atoms with Crippen LogP contribution in [0.2, 0.25) is 10.0 Å². The van der Waals surface area contributed by atoms with Crippen LogP contribution >= 0.6 is 23.2 Å². The predicted molar refractivity (Wildman–Crippen MR) is 72.8 cm³/mol. The summed E-state index contributed by atoms with van der Waals surface area (Å²) in [5.74, 6) is -0.569. The van der Waals surface area contributed by atoms with Gasteiger partial charge in [-0.25, -0.2) is 4.39 Å². The second-order valence-electron chi connectivity index (χ2n) is 3.81. The SMILES string of the molecule is COc1cc(C(=O)c2ccc(Cl)c(F)c2)ccc1Cl. The van der Waals surface area contributed by atoms with Crippen LogP contribution in [0, 0.1) is 5.82 Å². The van der Waals surface area contributed by atoms with Gasteiger partial charge in [-0.3, -0.25) is 4.79 Å². The van der Waals surface area contributed by atoms with E-state index >= 15 is 0 Å². The van der Waals surface area contributed by atoms with Crippen molar-refractivity contribution in [3.05, 3.63) is 63.4 Å². The van der Waals surface area contributed by atoms with Crippen molar-refractivity contribution in [2.24, 2.45) is 0 Å². The van der Waals surface area contributed by atoms with Crippen LogP contribution in [0.25, 0.3) is 0 Å². The van der Waals surface area contributed by atoms with Gasteiger partial charge in [-0.1, -0.05) is 23.2 Å². The smallest absolute Gasteiger partial charge is 0.193 e. The molecule has 0 bridgehead atoms. The zero-order valence-corrected chi connectivity index (χ0v) is 11.4. The fourth-order valence-corrected chi connectivity index (χ4v) is 1.92. The van der Waals surface area contributed by atoms with Crippen molar-refractivity contribution in [3.63, 3.8) is 0 Å². The number of ether oxygens (including phenoxy) is 1. The van der Waals surface area contributed by atoms with Crippen LogP contribution in [0.1, 0.15) is 15.9 Å². The van der Waals surface area contributed by atoms with Gasteiger partial charge in [0.2, 0.25) is 0 Å². The van der Waals surface area contributed by atoms with Crippen molar-refractivity contribution in [1.82, 2.24) is 0 Å². The van der Waals surface area contributed by atoms with Crippen LogP contribution in [-0.2, 0) is 0 Å². The second-order valence-corrected chi connectivity index (χ2v) is 4.62. The second kappa shape index (κ2) is 5.59. The highest BCUT2D eigenvalue weighted by Gasteiger charge is 2.13. The Kier molecular flexibility index (Phi) is 4.08. The third-order valence-electron chi connectivity index (χ3n) is 2.60. The molecule has 0 spiro atoms. The molecule has 0 fully saturated rings. The lowest BCUT2D eigenvalue weighted by molar-refractivity contribution is 0.103. The summed E-state index contributed by atoms with van der Waals surface area (Å²) < 4.78 is 18.4. The maximum Gasteiger partial charge on any atom is 0.193 e. The van der Waals surface area contributed by atoms with Gasteiger partial charge in [0.1, 0.15) is 11.6 Å². The fourth-order valence-electron chi connectivity index (χ4n) is 1.61. The van der Waals surface area contributed by atoms with Crippen LogP contribution in [0.4, 0.5) is 4.39 Å². The number of rotatable bonds is 3. The summed E-state index contributed by atoms with van der Waals surface area (Å²) in [6.45, 7) is 0. The van der Waals surface area contributed by atoms with Gasteiger partial charge in [0.15, 0.2) is 5.78 Å². The first-order valence-electron chi connectivity index (χ1n) is 5.36. The van der Waals surface area contributed by atoms with Crippen molar-refractivity contribution in [2.45, 2.75) is 0 Å². The molecule has 2 rings (SSSR count). The highest BCUT2D eigenvalue weighted by molar-refractivity contribution is 6.32. The average Bonchev–Trinajstić information content (AvgIpc) is 2.41. The molecule has 19 heavy (non-hydrogen) atoms. The highest BCUT2D eigenvalue weighted by Crippen LogP contribution is 2.26. The molecule has 0 saturated heterocycles. The molecule has 0 saturated carbocycles. The standard InChI is InChI=1S/C14H9Cl2FO2/c1-19-13-7-9(3-5-11(13)16)14(18)8-2-4-10(15)12(17)6-8/h2-7H,1H3. The molecule has 0 aliphatic heterocycles. The summed E-state index contributed by atoms with van der Waals surface area (Å²) in [5, 5.41) is 0.381. The monoisotopic (exact) mass is 298 g/mol. The Morgan fingerprint density at radius 3 is 2.21 bits per heavy atom. The van der Waals surface area contributed by atoms with Gasteiger partial charge in [-0.05, 0) is 36.4 Å². The van der Waals surface area contributed by atoms with E-state index in [2.05, 4.69) is 0 Å². The Morgan fingerprint density at radius 1 is 1.05 bits per heavy atom. The maximum atomic E-state index is 13.3. The van der Waals surface area contributed by atoms with Crippen molar-refractivity contribution in [3.8, 4) is 5.75 Å². The van der Waals surface area contributed by atoms with E-state index in [0.29, 0.717) is 16.3 Å². The Bertz CT molecular complexity index is 641. The van der Waals surface area contributed by atoms with Gasteiger partial charge in [-0.2, -0.15) is 0 Å². The summed E-state index contributed by atoms with van der Waals surface area (Å²) in [7, 11) is 1.46. The number of halogens is 3. The summed E-state index contributed by atoms with van der Waals surface area (Å²) >= 11 is 11.5. The maximum absolute atomic E-state index is 13.3. The van der Waals surface area contributed by atoms with Crippen molar-refractivity contribution >= 4 is 29.0 Å². The molecule has 0 aromatic heterocycles. The quantitative estimate of drug-likeness (QED) is 0.787. The molecule has 0 aliphatic rings. The molecule has 2 aromatic carbocycles. The van der Waals surface area contributed by atoms with E-state index in [0.717, 1.165) is 6.07 Å². The largest absolute Gasteiger partial charge is 0.495 e. The van der Waals surface area contributed by atoms with E-state index in [1.807, 2.05) is 0 Å². The summed E-state index contributed by atoms with van der Waals surface area (Å²) in [6, 6.07) is 8.54. The summed E-state index contributed by atoms with van der Waals surface area (Å²) in [5.41, 5.74) is 0.578. The molecular weight excluding hydrogens is 290 g/mol. The molecule has 0 aliphatic carbocycles. The number of methoxy groups -OCH3 is 1. The molecule has 2 aromatic rings. The Labute approximate surface area is 119 Å². The van der Waals surface area contributed by atoms with Crippen molar-refractivity contribution in [2.75, 3.05) is 7.11 Å². The minimum Gasteiger partial charge on any atom is -0.495 e. The average molecular weight is 299 g/mol. The van der Waals surface area contributed by atoms with Crippen LogP contribution < -0.4 is 4.74 Å². The van der Waals surface area contributed by atoms with Crippen molar-refractivity contribution in [1.29, 1.82) is 0 Å². The van der Waals surface area contributed by atoms with E-state index in [9.17, 15) is 9.18 Å². The molecule has 0 unspecified atom stereocenters. The molecule has 0 radical (unpaired) electrons. The first kappa shape index (κ1) is 13.8.